The zero-order valence-electron chi connectivity index (χ0n) is 19.3. The molecule has 1 unspecified atom stereocenters. The van der Waals surface area contributed by atoms with Crippen molar-refractivity contribution in [3.05, 3.63) is 59.8 Å². The Hall–Kier alpha value is -3.15. The number of hydrogen-bond acceptors (Lipinski definition) is 7. The third kappa shape index (κ3) is 4.84. The quantitative estimate of drug-likeness (QED) is 0.415. The Morgan fingerprint density at radius 3 is 2.71 bits per heavy atom. The van der Waals surface area contributed by atoms with Crippen molar-refractivity contribution in [3.63, 3.8) is 0 Å². The van der Waals surface area contributed by atoms with Gasteiger partial charge in [-0.1, -0.05) is 5.21 Å². The molecule has 1 aliphatic rings. The lowest BCUT2D eigenvalue weighted by Gasteiger charge is -2.23. The molecule has 0 amide bonds. The first-order valence-electron chi connectivity index (χ1n) is 11.1. The second kappa shape index (κ2) is 9.84. The van der Waals surface area contributed by atoms with E-state index in [0.717, 1.165) is 44.0 Å². The van der Waals surface area contributed by atoms with Crippen molar-refractivity contribution in [1.29, 1.82) is 0 Å². The molecule has 0 spiro atoms. The van der Waals surface area contributed by atoms with E-state index in [-0.39, 0.29) is 42.0 Å². The van der Waals surface area contributed by atoms with Crippen LogP contribution in [-0.2, 0) is 5.60 Å². The molecule has 9 nitrogen and oxygen atoms in total. The van der Waals surface area contributed by atoms with E-state index in [1.807, 2.05) is 11.6 Å². The van der Waals surface area contributed by atoms with E-state index >= 15 is 0 Å². The van der Waals surface area contributed by atoms with Crippen LogP contribution in [0.1, 0.15) is 37.2 Å². The van der Waals surface area contributed by atoms with Gasteiger partial charge in [-0.3, -0.25) is 4.98 Å². The van der Waals surface area contributed by atoms with Gasteiger partial charge in [0.1, 0.15) is 35.0 Å². The molecule has 1 aliphatic heterocycles. The van der Waals surface area contributed by atoms with Gasteiger partial charge in [0, 0.05) is 11.8 Å². The summed E-state index contributed by atoms with van der Waals surface area (Å²) < 4.78 is 37.0. The summed E-state index contributed by atoms with van der Waals surface area (Å²) in [6.07, 6.45) is 5.73. The minimum Gasteiger partial charge on any atom is -0.488 e. The van der Waals surface area contributed by atoms with Crippen LogP contribution in [-0.4, -0.2) is 54.4 Å². The van der Waals surface area contributed by atoms with Crippen LogP contribution in [0.3, 0.4) is 0 Å². The van der Waals surface area contributed by atoms with Crippen molar-refractivity contribution in [2.75, 3.05) is 19.7 Å². The molecule has 0 radical (unpaired) electrons. The Kier molecular flexibility index (Phi) is 7.02. The number of nitrogens with zero attached hydrogens (tertiary/aromatic N) is 6. The van der Waals surface area contributed by atoms with Crippen LogP contribution in [0.25, 0.3) is 16.8 Å². The average molecular weight is 506 g/mol. The van der Waals surface area contributed by atoms with Gasteiger partial charge < -0.3 is 15.2 Å². The lowest BCUT2D eigenvalue weighted by atomic mass is 10.0. The summed E-state index contributed by atoms with van der Waals surface area (Å²) in [5, 5.41) is 27.0. The molecule has 1 fully saturated rings. The molecule has 0 bridgehead atoms. The maximum Gasteiger partial charge on any atom is 0.172 e. The van der Waals surface area contributed by atoms with Crippen molar-refractivity contribution in [2.45, 2.75) is 38.3 Å². The van der Waals surface area contributed by atoms with E-state index in [2.05, 4.69) is 25.7 Å². The smallest absolute Gasteiger partial charge is 0.172 e. The molecule has 0 aromatic carbocycles. The summed E-state index contributed by atoms with van der Waals surface area (Å²) in [5.74, 6) is -0.883. The summed E-state index contributed by atoms with van der Waals surface area (Å²) in [7, 11) is 0. The highest BCUT2D eigenvalue weighted by molar-refractivity contribution is 5.85. The number of aliphatic hydroxyl groups is 1. The molecule has 5 rings (SSSR count). The van der Waals surface area contributed by atoms with Gasteiger partial charge in [-0.15, -0.1) is 17.5 Å². The van der Waals surface area contributed by atoms with Crippen LogP contribution in [0.15, 0.2) is 36.8 Å². The number of halogens is 3. The highest BCUT2D eigenvalue weighted by atomic mass is 35.5. The summed E-state index contributed by atoms with van der Waals surface area (Å²) in [6.45, 7) is 5.07. The molecule has 12 heteroatoms. The molecule has 0 saturated carbocycles. The molecular formula is C23H26ClF2N7O2. The predicted molar refractivity (Wildman–Crippen MR) is 127 cm³/mol. The largest absolute Gasteiger partial charge is 0.488 e. The maximum absolute atomic E-state index is 14.5. The van der Waals surface area contributed by atoms with Gasteiger partial charge in [0.15, 0.2) is 5.82 Å². The highest BCUT2D eigenvalue weighted by Gasteiger charge is 2.28. The number of aromatic nitrogens is 6. The van der Waals surface area contributed by atoms with Gasteiger partial charge in [0.05, 0.1) is 29.8 Å². The number of rotatable bonds is 6. The van der Waals surface area contributed by atoms with Gasteiger partial charge in [-0.05, 0) is 58.0 Å². The first kappa shape index (κ1) is 25.0. The highest BCUT2D eigenvalue weighted by Crippen LogP contribution is 2.32. The topological polar surface area (TPSA) is 102 Å². The molecule has 1 atom stereocenters. The van der Waals surface area contributed by atoms with E-state index in [1.54, 1.807) is 12.3 Å². The number of nitrogens with one attached hydrogen (secondary N) is 1. The molecule has 5 heterocycles. The SMILES string of the molecule is Cc1c(-c2cc(OCC(C)(O)c3ccc(F)cn3)c3c(F)cnn3c2)nnn1C1CCNCC1.Cl. The van der Waals surface area contributed by atoms with Crippen molar-refractivity contribution >= 4 is 17.9 Å². The zero-order chi connectivity index (χ0) is 23.9. The van der Waals surface area contributed by atoms with Gasteiger partial charge in [-0.2, -0.15) is 5.10 Å². The number of piperidine rings is 1. The van der Waals surface area contributed by atoms with Gasteiger partial charge >= 0.3 is 0 Å². The van der Waals surface area contributed by atoms with Crippen LogP contribution in [0, 0.1) is 18.6 Å². The van der Waals surface area contributed by atoms with Crippen molar-refractivity contribution in [3.8, 4) is 17.0 Å². The molecular weight excluding hydrogens is 480 g/mol. The monoisotopic (exact) mass is 505 g/mol. The third-order valence-corrected chi connectivity index (χ3v) is 6.18. The standard InChI is InChI=1S/C23H25F2N7O2.ClH/c1-14-21(29-30-32(14)17-5-7-26-8-6-17)15-9-19(22-18(25)11-28-31(22)12-15)34-13-23(2,33)20-4-3-16(24)10-27-20;/h3-4,9-12,17,26,33H,5-8,13H2,1-2H3;1H. The normalized spacial score (nSPS) is 16.1. The number of hydrogen-bond donors (Lipinski definition) is 2. The molecule has 186 valence electrons. The van der Waals surface area contributed by atoms with Gasteiger partial charge in [0.2, 0.25) is 0 Å². The fraction of sp³-hybridized carbons (Fsp3) is 0.391. The lowest BCUT2D eigenvalue weighted by molar-refractivity contribution is 0.00415. The number of pyridine rings is 2. The first-order chi connectivity index (χ1) is 16.3. The van der Waals surface area contributed by atoms with E-state index in [0.29, 0.717) is 11.3 Å². The molecule has 35 heavy (non-hydrogen) atoms. The Balaban J connectivity index is 0.00000289. The number of ether oxygens (including phenoxy) is 1. The zero-order valence-corrected chi connectivity index (χ0v) is 20.1. The van der Waals surface area contributed by atoms with E-state index in [1.165, 1.54) is 23.6 Å². The summed E-state index contributed by atoms with van der Waals surface area (Å²) in [6, 6.07) is 4.52. The Bertz CT molecular complexity index is 1320. The second-order valence-electron chi connectivity index (χ2n) is 8.75. The average Bonchev–Trinajstić information content (AvgIpc) is 3.41. The van der Waals surface area contributed by atoms with Crippen LogP contribution < -0.4 is 10.1 Å². The van der Waals surface area contributed by atoms with E-state index in [4.69, 9.17) is 4.74 Å². The van der Waals surface area contributed by atoms with Gasteiger partial charge in [-0.25, -0.2) is 18.0 Å². The van der Waals surface area contributed by atoms with Crippen LogP contribution in [0.4, 0.5) is 8.78 Å². The summed E-state index contributed by atoms with van der Waals surface area (Å²) in [5.41, 5.74) is 1.03. The fourth-order valence-electron chi connectivity index (χ4n) is 4.28. The Morgan fingerprint density at radius 2 is 2.00 bits per heavy atom. The molecule has 4 aromatic heterocycles. The van der Waals surface area contributed by atoms with Gasteiger partial charge in [0.25, 0.3) is 0 Å². The first-order valence-corrected chi connectivity index (χ1v) is 11.1. The van der Waals surface area contributed by atoms with Crippen LogP contribution >= 0.6 is 12.4 Å². The van der Waals surface area contributed by atoms with Crippen molar-refractivity contribution in [2.24, 2.45) is 0 Å². The van der Waals surface area contributed by atoms with E-state index < -0.39 is 17.2 Å². The van der Waals surface area contributed by atoms with E-state index in [9.17, 15) is 13.9 Å². The molecule has 0 aliphatic carbocycles. The van der Waals surface area contributed by atoms with Crippen LogP contribution in [0.2, 0.25) is 0 Å². The Morgan fingerprint density at radius 1 is 1.23 bits per heavy atom. The Labute approximate surface area is 206 Å². The van der Waals surface area contributed by atoms with Crippen molar-refractivity contribution < 1.29 is 18.6 Å². The fourth-order valence-corrected chi connectivity index (χ4v) is 4.28. The summed E-state index contributed by atoms with van der Waals surface area (Å²) in [4.78, 5) is 3.93. The minimum atomic E-state index is -1.54. The maximum atomic E-state index is 14.5. The molecule has 1 saturated heterocycles. The molecule has 2 N–H and O–H groups in total. The number of fused-ring (bicyclic) bond motifs is 1. The third-order valence-electron chi connectivity index (χ3n) is 6.18. The predicted octanol–water partition coefficient (Wildman–Crippen LogP) is 3.21. The summed E-state index contributed by atoms with van der Waals surface area (Å²) >= 11 is 0. The second-order valence-corrected chi connectivity index (χ2v) is 8.75. The minimum absolute atomic E-state index is 0. The van der Waals surface area contributed by atoms with Crippen molar-refractivity contribution in [1.82, 2.24) is 34.9 Å². The van der Waals surface area contributed by atoms with Crippen LogP contribution in [0.5, 0.6) is 5.75 Å². The molecule has 4 aromatic rings. The lowest BCUT2D eigenvalue weighted by Crippen LogP contribution is -2.30.